The zero-order valence-electron chi connectivity index (χ0n) is 18.5. The van der Waals surface area contributed by atoms with E-state index in [0.717, 1.165) is 66.1 Å². The van der Waals surface area contributed by atoms with Crippen molar-refractivity contribution in [1.29, 1.82) is 0 Å². The highest BCUT2D eigenvalue weighted by atomic mass is 35.5. The molecule has 2 heterocycles. The lowest BCUT2D eigenvalue weighted by molar-refractivity contribution is -0.159. The molecule has 0 spiro atoms. The Morgan fingerprint density at radius 1 is 0.879 bits per heavy atom. The van der Waals surface area contributed by atoms with Gasteiger partial charge in [0.1, 0.15) is 5.75 Å². The van der Waals surface area contributed by atoms with Gasteiger partial charge < -0.3 is 20.1 Å². The van der Waals surface area contributed by atoms with Crippen molar-refractivity contribution < 1.29 is 9.47 Å². The molecule has 3 aromatic rings. The van der Waals surface area contributed by atoms with Gasteiger partial charge in [-0.05, 0) is 74.2 Å². The number of nitrogens with zero attached hydrogens (tertiary/aromatic N) is 1. The Morgan fingerprint density at radius 3 is 2.27 bits per heavy atom. The molecule has 0 radical (unpaired) electrons. The Balaban J connectivity index is 1.06. The molecule has 1 aromatic heterocycles. The molecule has 5 rings (SSSR count). The van der Waals surface area contributed by atoms with Crippen molar-refractivity contribution in [2.45, 2.75) is 49.9 Å². The van der Waals surface area contributed by atoms with Crippen molar-refractivity contribution in [1.82, 2.24) is 15.6 Å². The van der Waals surface area contributed by atoms with Gasteiger partial charge in [-0.15, -0.1) is 0 Å². The Kier molecular flexibility index (Phi) is 7.05. The molecule has 2 N–H and O–H groups in total. The van der Waals surface area contributed by atoms with Crippen LogP contribution in [0.1, 0.15) is 31.4 Å². The largest absolute Gasteiger partial charge is 0.481 e. The molecule has 2 aliphatic rings. The normalized spacial score (nSPS) is 22.1. The van der Waals surface area contributed by atoms with Crippen molar-refractivity contribution in [2.24, 2.45) is 0 Å². The zero-order valence-corrected chi connectivity index (χ0v) is 20.0. The summed E-state index contributed by atoms with van der Waals surface area (Å²) in [6.45, 7) is 2.81. The van der Waals surface area contributed by atoms with Crippen molar-refractivity contribution >= 4 is 34.1 Å². The van der Waals surface area contributed by atoms with E-state index in [4.69, 9.17) is 37.7 Å². The molecule has 5 nitrogen and oxygen atoms in total. The maximum Gasteiger partial charge on any atom is 0.167 e. The lowest BCUT2D eigenvalue weighted by Crippen LogP contribution is -2.61. The molecule has 0 unspecified atom stereocenters. The van der Waals surface area contributed by atoms with Crippen LogP contribution in [0.4, 0.5) is 0 Å². The highest BCUT2D eigenvalue weighted by molar-refractivity contribution is 6.31. The number of fused-ring (bicyclic) bond motifs is 1. The van der Waals surface area contributed by atoms with Gasteiger partial charge in [-0.1, -0.05) is 29.3 Å². The van der Waals surface area contributed by atoms with E-state index in [1.54, 1.807) is 0 Å². The number of benzene rings is 2. The fourth-order valence-electron chi connectivity index (χ4n) is 4.60. The second-order valence-corrected chi connectivity index (χ2v) is 10.1. The number of hydrogen-bond donors (Lipinski definition) is 2. The van der Waals surface area contributed by atoms with Gasteiger partial charge in [-0.2, -0.15) is 0 Å². The standard InChI is InChI=1S/C26H29Cl2N3O2/c27-19-2-10-24(11-3-19)33-26(16-32-17-26)15-30-22-8-6-21(7-9-22)29-14-23-5-1-18-13-20(28)4-12-25(18)31-23/h1-5,10-13,21-22,29-30H,6-9,14-17H2. The summed E-state index contributed by atoms with van der Waals surface area (Å²) in [7, 11) is 0. The molecule has 0 bridgehead atoms. The lowest BCUT2D eigenvalue weighted by Gasteiger charge is -2.43. The van der Waals surface area contributed by atoms with Gasteiger partial charge in [0.05, 0.1) is 24.4 Å². The average molecular weight is 486 g/mol. The van der Waals surface area contributed by atoms with E-state index in [9.17, 15) is 0 Å². The number of rotatable bonds is 8. The van der Waals surface area contributed by atoms with E-state index in [-0.39, 0.29) is 5.60 Å². The number of ether oxygens (including phenoxy) is 2. The minimum atomic E-state index is -0.283. The third kappa shape index (κ3) is 5.79. The molecule has 0 amide bonds. The van der Waals surface area contributed by atoms with Crippen LogP contribution in [0.15, 0.2) is 54.6 Å². The maximum atomic E-state index is 6.26. The van der Waals surface area contributed by atoms with Gasteiger partial charge in [-0.25, -0.2) is 0 Å². The van der Waals surface area contributed by atoms with Gasteiger partial charge in [0.2, 0.25) is 0 Å². The summed E-state index contributed by atoms with van der Waals surface area (Å²) in [4.78, 5) is 4.76. The summed E-state index contributed by atoms with van der Waals surface area (Å²) in [6, 6.07) is 18.6. The van der Waals surface area contributed by atoms with Crippen molar-refractivity contribution in [3.8, 4) is 5.75 Å². The van der Waals surface area contributed by atoms with Gasteiger partial charge >= 0.3 is 0 Å². The summed E-state index contributed by atoms with van der Waals surface area (Å²) in [5.41, 5.74) is 1.77. The Hall–Kier alpha value is -1.89. The topological polar surface area (TPSA) is 55.4 Å². The van der Waals surface area contributed by atoms with Gasteiger partial charge in [0.25, 0.3) is 0 Å². The van der Waals surface area contributed by atoms with E-state index in [1.165, 1.54) is 0 Å². The first-order valence-corrected chi connectivity index (χ1v) is 12.4. The number of hydrogen-bond acceptors (Lipinski definition) is 5. The SMILES string of the molecule is Clc1ccc(OC2(CNC3CCC(NCc4ccc5cc(Cl)ccc5n4)CC3)COC2)cc1. The van der Waals surface area contributed by atoms with Crippen LogP contribution in [0, 0.1) is 0 Å². The molecule has 7 heteroatoms. The monoisotopic (exact) mass is 485 g/mol. The maximum absolute atomic E-state index is 6.26. The Bertz CT molecular complexity index is 1080. The smallest absolute Gasteiger partial charge is 0.167 e. The summed E-state index contributed by atoms with van der Waals surface area (Å²) < 4.78 is 11.7. The second kappa shape index (κ2) is 10.2. The molecule has 1 aliphatic carbocycles. The summed E-state index contributed by atoms with van der Waals surface area (Å²) in [5.74, 6) is 0.836. The van der Waals surface area contributed by atoms with Crippen LogP contribution in [0.25, 0.3) is 10.9 Å². The first-order chi connectivity index (χ1) is 16.1. The van der Waals surface area contributed by atoms with Crippen LogP contribution in [0.3, 0.4) is 0 Å². The van der Waals surface area contributed by atoms with Crippen LogP contribution in [0.2, 0.25) is 10.0 Å². The van der Waals surface area contributed by atoms with Crippen LogP contribution < -0.4 is 15.4 Å². The lowest BCUT2D eigenvalue weighted by atomic mass is 9.90. The predicted molar refractivity (Wildman–Crippen MR) is 133 cm³/mol. The first kappa shape index (κ1) is 22.9. The Morgan fingerprint density at radius 2 is 1.58 bits per heavy atom. The van der Waals surface area contributed by atoms with Gasteiger partial charge in [0, 0.05) is 40.6 Å². The van der Waals surface area contributed by atoms with Crippen LogP contribution in [0.5, 0.6) is 5.75 Å². The highest BCUT2D eigenvalue weighted by Gasteiger charge is 2.41. The van der Waals surface area contributed by atoms with E-state index in [0.29, 0.717) is 30.3 Å². The molecule has 174 valence electrons. The minimum Gasteiger partial charge on any atom is -0.481 e. The predicted octanol–water partition coefficient (Wildman–Crippen LogP) is 5.38. The number of nitrogens with one attached hydrogen (secondary N) is 2. The van der Waals surface area contributed by atoms with Crippen LogP contribution >= 0.6 is 23.2 Å². The quantitative estimate of drug-likeness (QED) is 0.448. The van der Waals surface area contributed by atoms with Gasteiger partial charge in [-0.3, -0.25) is 4.98 Å². The minimum absolute atomic E-state index is 0.283. The number of halogens is 2. The van der Waals surface area contributed by atoms with Crippen molar-refractivity contribution in [2.75, 3.05) is 19.8 Å². The Labute approximate surface area is 204 Å². The van der Waals surface area contributed by atoms with E-state index in [2.05, 4.69) is 22.8 Å². The van der Waals surface area contributed by atoms with Gasteiger partial charge in [0.15, 0.2) is 5.60 Å². The van der Waals surface area contributed by atoms with Crippen molar-refractivity contribution in [3.63, 3.8) is 0 Å². The molecule has 33 heavy (non-hydrogen) atoms. The van der Waals surface area contributed by atoms with E-state index in [1.807, 2.05) is 42.5 Å². The third-order valence-corrected chi connectivity index (χ3v) is 7.09. The summed E-state index contributed by atoms with van der Waals surface area (Å²) in [6.07, 6.45) is 4.61. The molecule has 0 atom stereocenters. The molecule has 1 aliphatic heterocycles. The molecular weight excluding hydrogens is 457 g/mol. The van der Waals surface area contributed by atoms with E-state index >= 15 is 0 Å². The van der Waals surface area contributed by atoms with Crippen LogP contribution in [-0.4, -0.2) is 42.4 Å². The van der Waals surface area contributed by atoms with Crippen molar-refractivity contribution in [3.05, 3.63) is 70.3 Å². The average Bonchev–Trinajstić information content (AvgIpc) is 2.81. The summed E-state index contributed by atoms with van der Waals surface area (Å²) in [5, 5.41) is 9.96. The number of aromatic nitrogens is 1. The molecule has 1 saturated heterocycles. The molecule has 2 aromatic carbocycles. The molecule has 1 saturated carbocycles. The zero-order chi connectivity index (χ0) is 22.7. The fraction of sp³-hybridized carbons (Fsp3) is 0.423. The fourth-order valence-corrected chi connectivity index (χ4v) is 4.90. The highest BCUT2D eigenvalue weighted by Crippen LogP contribution is 2.27. The number of pyridine rings is 1. The van der Waals surface area contributed by atoms with E-state index < -0.39 is 0 Å². The summed E-state index contributed by atoms with van der Waals surface area (Å²) >= 11 is 12.1. The van der Waals surface area contributed by atoms with Crippen LogP contribution in [-0.2, 0) is 11.3 Å². The molecular formula is C26H29Cl2N3O2. The third-order valence-electron chi connectivity index (χ3n) is 6.60. The molecule has 2 fully saturated rings. The second-order valence-electron chi connectivity index (χ2n) is 9.18. The first-order valence-electron chi connectivity index (χ1n) is 11.6.